The number of aromatic nitrogens is 1. The number of nitrogens with one attached hydrogen (secondary N) is 1. The third-order valence-electron chi connectivity index (χ3n) is 5.05. The second-order valence-electron chi connectivity index (χ2n) is 6.76. The van der Waals surface area contributed by atoms with Gasteiger partial charge >= 0.3 is 0 Å². The highest BCUT2D eigenvalue weighted by atomic mass is 16.5. The third-order valence-corrected chi connectivity index (χ3v) is 5.05. The number of H-pyrrole nitrogens is 1. The number of methoxy groups -OCH3 is 1. The molecule has 2 fully saturated rings. The Morgan fingerprint density at radius 1 is 1.12 bits per heavy atom. The van der Waals surface area contributed by atoms with Gasteiger partial charge in [-0.05, 0) is 32.1 Å². The highest BCUT2D eigenvalue weighted by Gasteiger charge is 2.32. The normalized spacial score (nSPS) is 21.1. The second kappa shape index (κ2) is 7.72. The van der Waals surface area contributed by atoms with E-state index in [0.717, 1.165) is 38.8 Å². The van der Waals surface area contributed by atoms with Crippen molar-refractivity contribution < 1.29 is 14.3 Å². The van der Waals surface area contributed by atoms with E-state index in [1.165, 1.54) is 25.8 Å². The number of aromatic amines is 1. The standard InChI is InChI=1S/C18H25N3O4/c1-25-16-11-19-14(10-15(16)22)18(24)21-9-5-6-13(12-21)17(23)20-7-3-2-4-8-20/h10-11,13H,2-9,12H2,1H3,(H,19,22). The molecule has 1 N–H and O–H groups in total. The Bertz CT molecular complexity index is 694. The van der Waals surface area contributed by atoms with Crippen LogP contribution < -0.4 is 10.2 Å². The van der Waals surface area contributed by atoms with Crippen LogP contribution in [0.3, 0.4) is 0 Å². The summed E-state index contributed by atoms with van der Waals surface area (Å²) in [5.41, 5.74) is -0.0978. The van der Waals surface area contributed by atoms with Crippen LogP contribution in [0.4, 0.5) is 0 Å². The van der Waals surface area contributed by atoms with Crippen LogP contribution in [0, 0.1) is 5.92 Å². The number of amides is 2. The van der Waals surface area contributed by atoms with Crippen LogP contribution in [-0.4, -0.2) is 59.9 Å². The van der Waals surface area contributed by atoms with Crippen LogP contribution in [0.1, 0.15) is 42.6 Å². The molecule has 7 heteroatoms. The van der Waals surface area contributed by atoms with Crippen molar-refractivity contribution in [2.24, 2.45) is 5.92 Å². The minimum atomic E-state index is -0.331. The lowest BCUT2D eigenvalue weighted by atomic mass is 9.95. The number of carbonyl (C=O) groups is 2. The van der Waals surface area contributed by atoms with E-state index in [0.29, 0.717) is 13.1 Å². The summed E-state index contributed by atoms with van der Waals surface area (Å²) in [6.45, 7) is 2.68. The monoisotopic (exact) mass is 347 g/mol. The maximum Gasteiger partial charge on any atom is 0.270 e. The van der Waals surface area contributed by atoms with Gasteiger partial charge in [0.15, 0.2) is 5.75 Å². The smallest absolute Gasteiger partial charge is 0.270 e. The molecule has 2 aliphatic heterocycles. The van der Waals surface area contributed by atoms with E-state index in [2.05, 4.69) is 4.98 Å². The first-order chi connectivity index (χ1) is 12.1. The van der Waals surface area contributed by atoms with Crippen LogP contribution >= 0.6 is 0 Å². The second-order valence-corrected chi connectivity index (χ2v) is 6.76. The predicted octanol–water partition coefficient (Wildman–Crippen LogP) is 1.25. The molecule has 0 radical (unpaired) electrons. The quantitative estimate of drug-likeness (QED) is 0.892. The number of carbonyl (C=O) groups excluding carboxylic acids is 2. The number of piperidine rings is 2. The molecule has 7 nitrogen and oxygen atoms in total. The van der Waals surface area contributed by atoms with Crippen molar-refractivity contribution in [1.82, 2.24) is 14.8 Å². The minimum Gasteiger partial charge on any atom is -0.491 e. The summed E-state index contributed by atoms with van der Waals surface area (Å²) in [5, 5.41) is 0. The Hall–Kier alpha value is -2.31. The summed E-state index contributed by atoms with van der Waals surface area (Å²) in [6, 6.07) is 1.26. The van der Waals surface area contributed by atoms with Crippen molar-refractivity contribution in [3.63, 3.8) is 0 Å². The van der Waals surface area contributed by atoms with Crippen molar-refractivity contribution in [3.8, 4) is 5.75 Å². The summed E-state index contributed by atoms with van der Waals surface area (Å²) < 4.78 is 4.92. The topological polar surface area (TPSA) is 82.7 Å². The fourth-order valence-electron chi connectivity index (χ4n) is 3.65. The van der Waals surface area contributed by atoms with Crippen LogP contribution in [-0.2, 0) is 4.79 Å². The average Bonchev–Trinajstić information content (AvgIpc) is 2.67. The molecular weight excluding hydrogens is 322 g/mol. The first-order valence-electron chi connectivity index (χ1n) is 8.95. The van der Waals surface area contributed by atoms with E-state index in [9.17, 15) is 14.4 Å². The molecule has 2 saturated heterocycles. The summed E-state index contributed by atoms with van der Waals surface area (Å²) in [5.74, 6) is -0.0366. The molecular formula is C18H25N3O4. The third kappa shape index (κ3) is 3.86. The van der Waals surface area contributed by atoms with Gasteiger partial charge in [-0.2, -0.15) is 0 Å². The average molecular weight is 347 g/mol. The Labute approximate surface area is 147 Å². The lowest BCUT2D eigenvalue weighted by Gasteiger charge is -2.36. The lowest BCUT2D eigenvalue weighted by Crippen LogP contribution is -2.48. The van der Waals surface area contributed by atoms with Crippen LogP contribution in [0.2, 0.25) is 0 Å². The van der Waals surface area contributed by atoms with E-state index in [1.54, 1.807) is 4.90 Å². The fraction of sp³-hybridized carbons (Fsp3) is 0.611. The molecule has 0 aliphatic carbocycles. The van der Waals surface area contributed by atoms with Crippen molar-refractivity contribution >= 4 is 11.8 Å². The zero-order valence-corrected chi connectivity index (χ0v) is 14.6. The van der Waals surface area contributed by atoms with Gasteiger partial charge in [0.05, 0.1) is 13.0 Å². The van der Waals surface area contributed by atoms with Crippen LogP contribution in [0.25, 0.3) is 0 Å². The van der Waals surface area contributed by atoms with E-state index >= 15 is 0 Å². The molecule has 2 amide bonds. The number of nitrogens with zero attached hydrogens (tertiary/aromatic N) is 2. The van der Waals surface area contributed by atoms with E-state index in [-0.39, 0.29) is 34.6 Å². The van der Waals surface area contributed by atoms with Crippen LogP contribution in [0.15, 0.2) is 17.1 Å². The zero-order valence-electron chi connectivity index (χ0n) is 14.6. The molecule has 3 heterocycles. The number of rotatable bonds is 3. The Kier molecular flexibility index (Phi) is 5.40. The molecule has 1 aromatic rings. The van der Waals surface area contributed by atoms with Crippen molar-refractivity contribution in [2.75, 3.05) is 33.3 Å². The van der Waals surface area contributed by atoms with Gasteiger partial charge in [-0.1, -0.05) is 0 Å². The Balaban J connectivity index is 1.68. The number of hydrogen-bond acceptors (Lipinski definition) is 4. The molecule has 1 atom stereocenters. The van der Waals surface area contributed by atoms with E-state index in [4.69, 9.17) is 4.74 Å². The number of pyridine rings is 1. The molecule has 3 rings (SSSR count). The number of ether oxygens (including phenoxy) is 1. The van der Waals surface area contributed by atoms with Crippen molar-refractivity contribution in [1.29, 1.82) is 0 Å². The zero-order chi connectivity index (χ0) is 17.8. The van der Waals surface area contributed by atoms with Crippen molar-refractivity contribution in [3.05, 3.63) is 28.2 Å². The van der Waals surface area contributed by atoms with Gasteiger partial charge in [0.25, 0.3) is 5.91 Å². The van der Waals surface area contributed by atoms with E-state index < -0.39 is 0 Å². The SMILES string of the molecule is COc1c[nH]c(C(=O)N2CCCC(C(=O)N3CCCCC3)C2)cc1=O. The van der Waals surface area contributed by atoms with Gasteiger partial charge in [0.1, 0.15) is 5.69 Å². The maximum atomic E-state index is 12.7. The summed E-state index contributed by atoms with van der Waals surface area (Å²) in [7, 11) is 1.41. The first kappa shape index (κ1) is 17.5. The Morgan fingerprint density at radius 3 is 2.52 bits per heavy atom. The van der Waals surface area contributed by atoms with Gasteiger partial charge < -0.3 is 19.5 Å². The largest absolute Gasteiger partial charge is 0.491 e. The summed E-state index contributed by atoms with van der Waals surface area (Å²) in [6.07, 6.45) is 6.33. The predicted molar refractivity (Wildman–Crippen MR) is 92.7 cm³/mol. The molecule has 2 aliphatic rings. The van der Waals surface area contributed by atoms with Gasteiger partial charge in [-0.15, -0.1) is 0 Å². The van der Waals surface area contributed by atoms with Crippen molar-refractivity contribution in [2.45, 2.75) is 32.1 Å². The van der Waals surface area contributed by atoms with E-state index in [1.807, 2.05) is 4.90 Å². The van der Waals surface area contributed by atoms with Gasteiger partial charge in [0, 0.05) is 38.4 Å². The molecule has 0 spiro atoms. The summed E-state index contributed by atoms with van der Waals surface area (Å²) >= 11 is 0. The fourth-order valence-corrected chi connectivity index (χ4v) is 3.65. The molecule has 136 valence electrons. The Morgan fingerprint density at radius 2 is 1.84 bits per heavy atom. The first-order valence-corrected chi connectivity index (χ1v) is 8.95. The van der Waals surface area contributed by atoms with Gasteiger partial charge in [-0.3, -0.25) is 14.4 Å². The molecule has 0 aromatic carbocycles. The molecule has 25 heavy (non-hydrogen) atoms. The number of hydrogen-bond donors (Lipinski definition) is 1. The van der Waals surface area contributed by atoms with Gasteiger partial charge in [0.2, 0.25) is 11.3 Å². The minimum absolute atomic E-state index is 0.138. The highest BCUT2D eigenvalue weighted by molar-refractivity contribution is 5.93. The van der Waals surface area contributed by atoms with Gasteiger partial charge in [-0.25, -0.2) is 0 Å². The molecule has 0 saturated carbocycles. The molecule has 1 unspecified atom stereocenters. The highest BCUT2D eigenvalue weighted by Crippen LogP contribution is 2.22. The molecule has 1 aromatic heterocycles. The lowest BCUT2D eigenvalue weighted by molar-refractivity contribution is -0.137. The molecule has 0 bridgehead atoms. The summed E-state index contributed by atoms with van der Waals surface area (Å²) in [4.78, 5) is 43.7. The number of likely N-dealkylation sites (tertiary alicyclic amines) is 2. The van der Waals surface area contributed by atoms with Crippen LogP contribution in [0.5, 0.6) is 5.75 Å². The maximum absolute atomic E-state index is 12.7.